The van der Waals surface area contributed by atoms with Crippen LogP contribution in [0.4, 0.5) is 17.1 Å². The van der Waals surface area contributed by atoms with Gasteiger partial charge in [0.1, 0.15) is 11.2 Å². The minimum Gasteiger partial charge on any atom is -0.455 e. The van der Waals surface area contributed by atoms with Crippen LogP contribution in [0.1, 0.15) is 0 Å². The van der Waals surface area contributed by atoms with Crippen LogP contribution >= 0.6 is 0 Å². The Hall–Kier alpha value is -7.88. The number of para-hydroxylation sites is 3. The first-order valence-electron chi connectivity index (χ1n) is 20.2. The lowest BCUT2D eigenvalue weighted by Crippen LogP contribution is -2.09. The van der Waals surface area contributed by atoms with E-state index < -0.39 is 0 Å². The molecule has 2 heterocycles. The van der Waals surface area contributed by atoms with Crippen LogP contribution < -0.4 is 4.90 Å². The van der Waals surface area contributed by atoms with Crippen LogP contribution in [0.25, 0.3) is 93.2 Å². The molecule has 2 aromatic heterocycles. The minimum atomic E-state index is 0.882. The van der Waals surface area contributed by atoms with E-state index >= 15 is 0 Å². The first kappa shape index (κ1) is 33.3. The van der Waals surface area contributed by atoms with Gasteiger partial charge in [-0.2, -0.15) is 0 Å². The molecule has 0 spiro atoms. The van der Waals surface area contributed by atoms with Crippen molar-refractivity contribution in [1.29, 1.82) is 0 Å². The van der Waals surface area contributed by atoms with Crippen molar-refractivity contribution in [2.24, 2.45) is 0 Å². The van der Waals surface area contributed by atoms with E-state index in [1.54, 1.807) is 0 Å². The molecule has 0 unspecified atom stereocenters. The standard InChI is InChI=1S/C56H36N2O/c1-2-17-42(18-3-1)57(43-29-25-38(26-30-43)47-22-12-16-37-13-6-7-19-46(37)47)44-31-27-39(28-32-44)50-35-45(36-52-49-21-9-11-24-55(49)59-56(50)52)58-53-23-10-8-20-48(53)51-33-40-14-4-5-15-41(40)34-54(51)58/h1-36H. The molecule has 59 heavy (non-hydrogen) atoms. The Morgan fingerprint density at radius 2 is 0.915 bits per heavy atom. The molecule has 0 aliphatic carbocycles. The van der Waals surface area contributed by atoms with Crippen LogP contribution in [-0.2, 0) is 0 Å². The lowest BCUT2D eigenvalue weighted by Gasteiger charge is -2.26. The van der Waals surface area contributed by atoms with Crippen LogP contribution in [0, 0.1) is 0 Å². The fourth-order valence-electron chi connectivity index (χ4n) is 9.17. The second-order valence-electron chi connectivity index (χ2n) is 15.3. The number of hydrogen-bond acceptors (Lipinski definition) is 2. The predicted molar refractivity (Wildman–Crippen MR) is 249 cm³/mol. The van der Waals surface area contributed by atoms with Crippen molar-refractivity contribution in [3.05, 3.63) is 218 Å². The van der Waals surface area contributed by atoms with E-state index in [-0.39, 0.29) is 0 Å². The number of rotatable bonds is 6. The van der Waals surface area contributed by atoms with Crippen LogP contribution in [0.15, 0.2) is 223 Å². The molecule has 0 radical (unpaired) electrons. The molecule has 0 aliphatic rings. The Labute approximate surface area is 341 Å². The largest absolute Gasteiger partial charge is 0.455 e. The van der Waals surface area contributed by atoms with Gasteiger partial charge in [-0.3, -0.25) is 0 Å². The van der Waals surface area contributed by atoms with Crippen LogP contribution in [-0.4, -0.2) is 4.57 Å². The van der Waals surface area contributed by atoms with E-state index in [9.17, 15) is 0 Å². The van der Waals surface area contributed by atoms with Crippen LogP contribution in [0.5, 0.6) is 0 Å². The molecular formula is C56H36N2O. The van der Waals surface area contributed by atoms with Gasteiger partial charge >= 0.3 is 0 Å². The SMILES string of the molecule is c1ccc(N(c2ccc(-c3cccc4ccccc34)cc2)c2ccc(-c3cc(-n4c5ccccc5c5cc6ccccc6cc54)cc4c3oc3ccccc34)cc2)cc1. The van der Waals surface area contributed by atoms with E-state index in [1.165, 1.54) is 54.5 Å². The zero-order valence-electron chi connectivity index (χ0n) is 32.1. The van der Waals surface area contributed by atoms with Gasteiger partial charge in [0.2, 0.25) is 0 Å². The summed E-state index contributed by atoms with van der Waals surface area (Å²) in [5, 5.41) is 9.65. The molecule has 12 rings (SSSR count). The third-order valence-electron chi connectivity index (χ3n) is 11.9. The van der Waals surface area contributed by atoms with E-state index in [0.717, 1.165) is 55.8 Å². The Kier molecular flexibility index (Phi) is 7.54. The van der Waals surface area contributed by atoms with E-state index in [4.69, 9.17) is 4.42 Å². The zero-order chi connectivity index (χ0) is 38.9. The molecule has 276 valence electrons. The zero-order valence-corrected chi connectivity index (χ0v) is 32.1. The maximum Gasteiger partial charge on any atom is 0.143 e. The van der Waals surface area contributed by atoms with E-state index in [0.29, 0.717) is 0 Å². The molecule has 0 atom stereocenters. The molecule has 0 fully saturated rings. The van der Waals surface area contributed by atoms with Crippen molar-refractivity contribution < 1.29 is 4.42 Å². The molecule has 0 amide bonds. The highest BCUT2D eigenvalue weighted by Gasteiger charge is 2.20. The Morgan fingerprint density at radius 1 is 0.339 bits per heavy atom. The highest BCUT2D eigenvalue weighted by atomic mass is 16.3. The summed E-state index contributed by atoms with van der Waals surface area (Å²) in [5.74, 6) is 0. The lowest BCUT2D eigenvalue weighted by atomic mass is 9.98. The van der Waals surface area contributed by atoms with Gasteiger partial charge in [0.15, 0.2) is 0 Å². The quantitative estimate of drug-likeness (QED) is 0.169. The molecule has 0 aliphatic heterocycles. The first-order chi connectivity index (χ1) is 29.2. The minimum absolute atomic E-state index is 0.882. The van der Waals surface area contributed by atoms with Gasteiger partial charge in [-0.25, -0.2) is 0 Å². The van der Waals surface area contributed by atoms with Crippen molar-refractivity contribution in [2.75, 3.05) is 4.90 Å². The van der Waals surface area contributed by atoms with E-state index in [2.05, 4.69) is 222 Å². The van der Waals surface area contributed by atoms with Crippen molar-refractivity contribution in [3.8, 4) is 27.9 Å². The highest BCUT2D eigenvalue weighted by molar-refractivity contribution is 6.15. The summed E-state index contributed by atoms with van der Waals surface area (Å²) in [6.07, 6.45) is 0. The third kappa shape index (κ3) is 5.44. The Balaban J connectivity index is 1.01. The van der Waals surface area contributed by atoms with Crippen LogP contribution in [0.2, 0.25) is 0 Å². The number of hydrogen-bond donors (Lipinski definition) is 0. The normalized spacial score (nSPS) is 11.7. The lowest BCUT2D eigenvalue weighted by molar-refractivity contribution is 0.670. The van der Waals surface area contributed by atoms with E-state index in [1.807, 2.05) is 6.07 Å². The average Bonchev–Trinajstić information content (AvgIpc) is 3.84. The summed E-state index contributed by atoms with van der Waals surface area (Å²) in [6, 6.07) is 78.7. The molecule has 0 N–H and O–H groups in total. The molecule has 10 aromatic carbocycles. The first-order valence-corrected chi connectivity index (χ1v) is 20.2. The topological polar surface area (TPSA) is 21.3 Å². The van der Waals surface area contributed by atoms with Gasteiger partial charge in [-0.15, -0.1) is 0 Å². The number of benzene rings is 10. The average molecular weight is 753 g/mol. The van der Waals surface area contributed by atoms with Gasteiger partial charge in [0, 0.05) is 49.9 Å². The van der Waals surface area contributed by atoms with Gasteiger partial charge in [0.25, 0.3) is 0 Å². The number of aromatic nitrogens is 1. The molecule has 3 heteroatoms. The molecule has 0 saturated carbocycles. The molecule has 12 aromatic rings. The van der Waals surface area contributed by atoms with Crippen molar-refractivity contribution >= 4 is 82.4 Å². The maximum atomic E-state index is 6.71. The van der Waals surface area contributed by atoms with Crippen LogP contribution in [0.3, 0.4) is 0 Å². The number of furan rings is 1. The fourth-order valence-corrected chi connectivity index (χ4v) is 9.17. The number of nitrogens with zero attached hydrogens (tertiary/aromatic N) is 2. The summed E-state index contributed by atoms with van der Waals surface area (Å²) < 4.78 is 9.14. The fraction of sp³-hybridized carbons (Fsp3) is 0. The number of fused-ring (bicyclic) bond motifs is 8. The number of anilines is 3. The van der Waals surface area contributed by atoms with Gasteiger partial charge in [-0.1, -0.05) is 146 Å². The molecular weight excluding hydrogens is 717 g/mol. The summed E-state index contributed by atoms with van der Waals surface area (Å²) >= 11 is 0. The maximum absolute atomic E-state index is 6.71. The summed E-state index contributed by atoms with van der Waals surface area (Å²) in [7, 11) is 0. The Morgan fingerprint density at radius 3 is 1.68 bits per heavy atom. The predicted octanol–water partition coefficient (Wildman–Crippen LogP) is 15.8. The summed E-state index contributed by atoms with van der Waals surface area (Å²) in [5.41, 5.74) is 13.1. The summed E-state index contributed by atoms with van der Waals surface area (Å²) in [4.78, 5) is 2.33. The monoisotopic (exact) mass is 752 g/mol. The highest BCUT2D eigenvalue weighted by Crippen LogP contribution is 2.43. The van der Waals surface area contributed by atoms with Crippen molar-refractivity contribution in [2.45, 2.75) is 0 Å². The van der Waals surface area contributed by atoms with Gasteiger partial charge < -0.3 is 13.9 Å². The third-order valence-corrected chi connectivity index (χ3v) is 11.9. The van der Waals surface area contributed by atoms with Gasteiger partial charge in [-0.05, 0) is 111 Å². The van der Waals surface area contributed by atoms with Crippen molar-refractivity contribution in [3.63, 3.8) is 0 Å². The molecule has 0 bridgehead atoms. The smallest absolute Gasteiger partial charge is 0.143 e. The van der Waals surface area contributed by atoms with Crippen molar-refractivity contribution in [1.82, 2.24) is 4.57 Å². The van der Waals surface area contributed by atoms with Gasteiger partial charge in [0.05, 0.1) is 11.0 Å². The Bertz CT molecular complexity index is 3540. The summed E-state index contributed by atoms with van der Waals surface area (Å²) in [6.45, 7) is 0. The second kappa shape index (κ2) is 13.4. The molecule has 3 nitrogen and oxygen atoms in total. The molecule has 0 saturated heterocycles. The second-order valence-corrected chi connectivity index (χ2v) is 15.3.